The summed E-state index contributed by atoms with van der Waals surface area (Å²) in [6.45, 7) is 0. The highest BCUT2D eigenvalue weighted by Gasteiger charge is 2.07. The van der Waals surface area contributed by atoms with Crippen LogP contribution in [0.2, 0.25) is 5.02 Å². The first-order valence-electron chi connectivity index (χ1n) is 7.08. The Kier molecular flexibility index (Phi) is 3.40. The molecule has 23 heavy (non-hydrogen) atoms. The molecule has 0 unspecified atom stereocenters. The average Bonchev–Trinajstić information content (AvgIpc) is 3.23. The quantitative estimate of drug-likeness (QED) is 0.577. The van der Waals surface area contributed by atoms with Gasteiger partial charge >= 0.3 is 0 Å². The smallest absolute Gasteiger partial charge is 0.255 e. The Bertz CT molecular complexity index is 968. The zero-order valence-electron chi connectivity index (χ0n) is 12.0. The molecule has 0 bridgehead atoms. The second-order valence-electron chi connectivity index (χ2n) is 4.97. The molecule has 0 N–H and O–H groups in total. The Hall–Kier alpha value is -2.92. The molecule has 0 aliphatic heterocycles. The molecule has 0 saturated carbocycles. The highest BCUT2D eigenvalue weighted by Crippen LogP contribution is 2.13. The molecular weight excluding hydrogens is 310 g/mol. The maximum absolute atomic E-state index is 5.90. The minimum absolute atomic E-state index is 0.562. The molecule has 3 heterocycles. The molecule has 4 rings (SSSR count). The molecule has 0 aliphatic rings. The predicted octanol–water partition coefficient (Wildman–Crippen LogP) is 3.74. The van der Waals surface area contributed by atoms with Gasteiger partial charge in [0.05, 0.1) is 5.69 Å². The van der Waals surface area contributed by atoms with Crippen LogP contribution in [0, 0.1) is 0 Å². The standard InChI is InChI=1S/C17H12ClN5/c18-14-6-3-13(4-7-14)5-8-15-9-10-19-16-20-17(21-23(15)16)22-11-1-2-12-22/h1-12H. The minimum atomic E-state index is 0.562. The monoisotopic (exact) mass is 321 g/mol. The molecule has 1 aromatic carbocycles. The average molecular weight is 322 g/mol. The van der Waals surface area contributed by atoms with Crippen molar-refractivity contribution >= 4 is 29.5 Å². The van der Waals surface area contributed by atoms with Gasteiger partial charge in [-0.3, -0.25) is 4.57 Å². The molecule has 0 saturated heterocycles. The van der Waals surface area contributed by atoms with Gasteiger partial charge in [0, 0.05) is 23.6 Å². The fourth-order valence-corrected chi connectivity index (χ4v) is 2.39. The molecule has 0 aliphatic carbocycles. The van der Waals surface area contributed by atoms with Crippen molar-refractivity contribution in [1.82, 2.24) is 24.1 Å². The number of benzene rings is 1. The molecule has 4 aromatic rings. The molecule has 0 atom stereocenters. The van der Waals surface area contributed by atoms with Gasteiger partial charge in [0.15, 0.2) is 0 Å². The molecule has 5 nitrogen and oxygen atoms in total. The minimum Gasteiger partial charge on any atom is -0.291 e. The fourth-order valence-electron chi connectivity index (χ4n) is 2.26. The molecule has 0 fully saturated rings. The number of nitrogens with zero attached hydrogens (tertiary/aromatic N) is 5. The van der Waals surface area contributed by atoms with Crippen molar-refractivity contribution in [2.45, 2.75) is 0 Å². The molecule has 0 spiro atoms. The van der Waals surface area contributed by atoms with Gasteiger partial charge in [-0.1, -0.05) is 29.8 Å². The van der Waals surface area contributed by atoms with E-state index in [0.29, 0.717) is 11.7 Å². The summed E-state index contributed by atoms with van der Waals surface area (Å²) in [5.41, 5.74) is 1.96. The third-order valence-electron chi connectivity index (χ3n) is 3.41. The second-order valence-corrected chi connectivity index (χ2v) is 5.40. The van der Waals surface area contributed by atoms with Gasteiger partial charge in [-0.2, -0.15) is 9.50 Å². The lowest BCUT2D eigenvalue weighted by Crippen LogP contribution is -1.96. The van der Waals surface area contributed by atoms with Crippen molar-refractivity contribution in [2.75, 3.05) is 0 Å². The first kappa shape index (κ1) is 13.7. The van der Waals surface area contributed by atoms with Crippen LogP contribution in [0.25, 0.3) is 23.9 Å². The SMILES string of the molecule is Clc1ccc(C=Cc2ccnc3nc(-n4cccc4)nn23)cc1. The van der Waals surface area contributed by atoms with Crippen LogP contribution in [0.4, 0.5) is 0 Å². The lowest BCUT2D eigenvalue weighted by molar-refractivity contribution is 0.877. The second kappa shape index (κ2) is 5.70. The van der Waals surface area contributed by atoms with Crippen molar-refractivity contribution < 1.29 is 0 Å². The Morgan fingerprint density at radius 2 is 1.74 bits per heavy atom. The summed E-state index contributed by atoms with van der Waals surface area (Å²) in [5, 5.41) is 5.24. The van der Waals surface area contributed by atoms with E-state index in [1.807, 2.05) is 71.6 Å². The van der Waals surface area contributed by atoms with Crippen LogP contribution in [-0.2, 0) is 0 Å². The summed E-state index contributed by atoms with van der Waals surface area (Å²) in [6, 6.07) is 13.4. The van der Waals surface area contributed by atoms with Gasteiger partial charge in [0.1, 0.15) is 0 Å². The maximum atomic E-state index is 5.90. The fraction of sp³-hybridized carbons (Fsp3) is 0. The number of aromatic nitrogens is 5. The van der Waals surface area contributed by atoms with E-state index in [0.717, 1.165) is 16.3 Å². The Morgan fingerprint density at radius 3 is 2.52 bits per heavy atom. The molecule has 112 valence electrons. The summed E-state index contributed by atoms with van der Waals surface area (Å²) in [7, 11) is 0. The summed E-state index contributed by atoms with van der Waals surface area (Å²) in [6.07, 6.45) is 9.51. The van der Waals surface area contributed by atoms with Crippen molar-refractivity contribution in [2.24, 2.45) is 0 Å². The first-order chi connectivity index (χ1) is 11.3. The molecule has 6 heteroatoms. The number of rotatable bonds is 3. The lowest BCUT2D eigenvalue weighted by Gasteiger charge is -1.97. The van der Waals surface area contributed by atoms with Gasteiger partial charge in [-0.25, -0.2) is 4.98 Å². The normalized spacial score (nSPS) is 11.5. The number of hydrogen-bond acceptors (Lipinski definition) is 3. The summed E-state index contributed by atoms with van der Waals surface area (Å²) in [5.74, 6) is 1.15. The van der Waals surface area contributed by atoms with Crippen molar-refractivity contribution in [3.05, 3.63) is 77.3 Å². The number of halogens is 1. The van der Waals surface area contributed by atoms with E-state index in [1.165, 1.54) is 0 Å². The van der Waals surface area contributed by atoms with Crippen molar-refractivity contribution in [3.63, 3.8) is 0 Å². The van der Waals surface area contributed by atoms with E-state index < -0.39 is 0 Å². The Morgan fingerprint density at radius 1 is 0.957 bits per heavy atom. The van der Waals surface area contributed by atoms with Crippen LogP contribution >= 0.6 is 11.6 Å². The van der Waals surface area contributed by atoms with Gasteiger partial charge in [0.2, 0.25) is 0 Å². The van der Waals surface area contributed by atoms with Crippen LogP contribution in [0.5, 0.6) is 0 Å². The van der Waals surface area contributed by atoms with Gasteiger partial charge < -0.3 is 0 Å². The van der Waals surface area contributed by atoms with Crippen LogP contribution in [0.1, 0.15) is 11.3 Å². The Labute approximate surface area is 137 Å². The van der Waals surface area contributed by atoms with E-state index in [9.17, 15) is 0 Å². The maximum Gasteiger partial charge on any atom is 0.255 e. The van der Waals surface area contributed by atoms with Crippen molar-refractivity contribution in [1.29, 1.82) is 0 Å². The summed E-state index contributed by atoms with van der Waals surface area (Å²) < 4.78 is 3.57. The number of fused-ring (bicyclic) bond motifs is 1. The highest BCUT2D eigenvalue weighted by atomic mass is 35.5. The van der Waals surface area contributed by atoms with Crippen LogP contribution in [-0.4, -0.2) is 24.1 Å². The van der Waals surface area contributed by atoms with Gasteiger partial charge in [-0.15, -0.1) is 5.10 Å². The van der Waals surface area contributed by atoms with Gasteiger partial charge in [0.25, 0.3) is 11.7 Å². The number of hydrogen-bond donors (Lipinski definition) is 0. The molecule has 3 aromatic heterocycles. The zero-order valence-corrected chi connectivity index (χ0v) is 12.8. The summed E-state index contributed by atoms with van der Waals surface area (Å²) >= 11 is 5.90. The first-order valence-corrected chi connectivity index (χ1v) is 7.46. The van der Waals surface area contributed by atoms with E-state index >= 15 is 0 Å². The lowest BCUT2D eigenvalue weighted by atomic mass is 10.2. The van der Waals surface area contributed by atoms with E-state index in [-0.39, 0.29) is 0 Å². The highest BCUT2D eigenvalue weighted by molar-refractivity contribution is 6.30. The van der Waals surface area contributed by atoms with Gasteiger partial charge in [-0.05, 0) is 42.0 Å². The largest absolute Gasteiger partial charge is 0.291 e. The molecular formula is C17H12ClN5. The molecule has 0 amide bonds. The van der Waals surface area contributed by atoms with E-state index in [1.54, 1.807) is 10.7 Å². The van der Waals surface area contributed by atoms with Crippen LogP contribution in [0.15, 0.2) is 61.1 Å². The van der Waals surface area contributed by atoms with Crippen LogP contribution < -0.4 is 0 Å². The topological polar surface area (TPSA) is 48.0 Å². The molecule has 0 radical (unpaired) electrons. The zero-order chi connectivity index (χ0) is 15.6. The Balaban J connectivity index is 1.73. The van der Waals surface area contributed by atoms with E-state index in [4.69, 9.17) is 11.6 Å². The summed E-state index contributed by atoms with van der Waals surface area (Å²) in [4.78, 5) is 8.70. The third-order valence-corrected chi connectivity index (χ3v) is 3.66. The van der Waals surface area contributed by atoms with Crippen LogP contribution in [0.3, 0.4) is 0 Å². The van der Waals surface area contributed by atoms with E-state index in [2.05, 4.69) is 15.1 Å². The van der Waals surface area contributed by atoms with Crippen molar-refractivity contribution in [3.8, 4) is 5.95 Å². The predicted molar refractivity (Wildman–Crippen MR) is 90.5 cm³/mol. The third kappa shape index (κ3) is 2.74.